The second kappa shape index (κ2) is 5.16. The van der Waals surface area contributed by atoms with Crippen molar-refractivity contribution in [2.75, 3.05) is 44.3 Å². The normalized spacial score (nSPS) is 20.9. The average Bonchev–Trinajstić information content (AvgIpc) is 2.98. The number of nitrogens with zero attached hydrogens (tertiary/aromatic N) is 3. The number of hydrogen-bond acceptors (Lipinski definition) is 3. The van der Waals surface area contributed by atoms with E-state index in [1.165, 1.54) is 32.4 Å². The lowest BCUT2D eigenvalue weighted by molar-refractivity contribution is -0.912. The van der Waals surface area contributed by atoms with E-state index >= 15 is 0 Å². The lowest BCUT2D eigenvalue weighted by Crippen LogP contribution is -2.50. The van der Waals surface area contributed by atoms with E-state index in [0.29, 0.717) is 5.69 Å². The van der Waals surface area contributed by atoms with Gasteiger partial charge >= 0.3 is 0 Å². The van der Waals surface area contributed by atoms with Gasteiger partial charge in [-0.05, 0) is 25.7 Å². The maximum absolute atomic E-state index is 12.0. The van der Waals surface area contributed by atoms with Crippen molar-refractivity contribution in [3.63, 3.8) is 0 Å². The van der Waals surface area contributed by atoms with Crippen LogP contribution >= 0.6 is 0 Å². The van der Waals surface area contributed by atoms with E-state index in [4.69, 9.17) is 5.73 Å². The number of hydrogen-bond donors (Lipinski definition) is 2. The number of nitrogens with two attached hydrogens (primary N) is 1. The Kier molecular flexibility index (Phi) is 3.50. The monoisotopic (exact) mass is 280 g/mol. The van der Waals surface area contributed by atoms with Crippen molar-refractivity contribution in [1.82, 2.24) is 9.36 Å². The highest BCUT2D eigenvalue weighted by Gasteiger charge is 2.25. The van der Waals surface area contributed by atoms with Crippen LogP contribution in [-0.2, 0) is 13.1 Å². The van der Waals surface area contributed by atoms with Gasteiger partial charge in [-0.15, -0.1) is 0 Å². The molecule has 0 aliphatic carbocycles. The Labute approximate surface area is 119 Å². The number of nitrogens with one attached hydrogen (secondary N) is 1. The second-order valence-electron chi connectivity index (χ2n) is 6.45. The van der Waals surface area contributed by atoms with Crippen LogP contribution in [0.1, 0.15) is 25.7 Å². The zero-order chi connectivity index (χ0) is 14.2. The van der Waals surface area contributed by atoms with Crippen LogP contribution < -0.4 is 16.6 Å². The van der Waals surface area contributed by atoms with E-state index in [9.17, 15) is 4.79 Å². The van der Waals surface area contributed by atoms with Crippen molar-refractivity contribution in [2.45, 2.75) is 38.8 Å². The number of likely N-dealkylation sites (N-methyl/N-ethyl adjacent to an activating group) is 1. The number of anilines is 2. The molecule has 0 aromatic carbocycles. The molecule has 1 fully saturated rings. The number of likely N-dealkylation sites (tertiary alicyclic amines) is 1. The lowest BCUT2D eigenvalue weighted by atomic mass is 10.1. The van der Waals surface area contributed by atoms with E-state index in [1.807, 2.05) is 4.68 Å². The quantitative estimate of drug-likeness (QED) is 0.797. The van der Waals surface area contributed by atoms with Crippen molar-refractivity contribution in [2.24, 2.45) is 0 Å². The molecule has 20 heavy (non-hydrogen) atoms. The lowest BCUT2D eigenvalue weighted by Gasteiger charge is -2.37. The highest BCUT2D eigenvalue weighted by atomic mass is 16.1. The number of nitrogen functional groups attached to an aromatic ring is 1. The average molecular weight is 280 g/mol. The first-order valence-corrected chi connectivity index (χ1v) is 7.77. The van der Waals surface area contributed by atoms with Crippen molar-refractivity contribution < 1.29 is 4.48 Å². The van der Waals surface area contributed by atoms with Gasteiger partial charge in [0.25, 0.3) is 5.56 Å². The summed E-state index contributed by atoms with van der Waals surface area (Å²) in [5, 5.41) is 3.41. The first-order chi connectivity index (χ1) is 9.61. The van der Waals surface area contributed by atoms with Crippen LogP contribution in [0, 0.1) is 0 Å². The molecule has 1 saturated heterocycles. The molecule has 3 rings (SSSR count). The smallest absolute Gasteiger partial charge is 0.292 e. The van der Waals surface area contributed by atoms with Gasteiger partial charge in [-0.25, -0.2) is 4.68 Å². The standard InChI is InChI=1S/C14H25N5O/c1-19(9-3-2-4-10-19)11-6-16-13-12(15)14(20)18-8-5-7-17(13)18/h2-11,15H2,1H3/p+1. The first kappa shape index (κ1) is 13.5. The zero-order valence-electron chi connectivity index (χ0n) is 12.4. The SMILES string of the molecule is C[N+]1(CCNc2c(N)c(=O)n3n2CCC3)CCCCC1. The number of quaternary nitrogens is 1. The number of piperidine rings is 1. The highest BCUT2D eigenvalue weighted by molar-refractivity contribution is 5.61. The summed E-state index contributed by atoms with van der Waals surface area (Å²) in [6.07, 6.45) is 5.06. The van der Waals surface area contributed by atoms with Gasteiger partial charge in [-0.1, -0.05) is 0 Å². The Bertz CT molecular complexity index is 538. The molecule has 3 N–H and O–H groups in total. The molecule has 1 aromatic rings. The molecule has 6 nitrogen and oxygen atoms in total. The molecule has 0 amide bonds. The molecule has 0 saturated carbocycles. The molecule has 1 aromatic heterocycles. The summed E-state index contributed by atoms with van der Waals surface area (Å²) >= 11 is 0. The maximum atomic E-state index is 12.0. The maximum Gasteiger partial charge on any atom is 0.292 e. The van der Waals surface area contributed by atoms with E-state index in [0.717, 1.165) is 42.9 Å². The molecule has 112 valence electrons. The van der Waals surface area contributed by atoms with Gasteiger partial charge in [-0.2, -0.15) is 0 Å². The Morgan fingerprint density at radius 2 is 1.85 bits per heavy atom. The van der Waals surface area contributed by atoms with Crippen LogP contribution in [-0.4, -0.2) is 47.1 Å². The minimum atomic E-state index is -0.0385. The third-order valence-corrected chi connectivity index (χ3v) is 4.85. The van der Waals surface area contributed by atoms with Crippen LogP contribution in [0.2, 0.25) is 0 Å². The van der Waals surface area contributed by atoms with Gasteiger partial charge in [-0.3, -0.25) is 9.48 Å². The van der Waals surface area contributed by atoms with Gasteiger partial charge in [0.1, 0.15) is 5.69 Å². The minimum absolute atomic E-state index is 0.0385. The van der Waals surface area contributed by atoms with Crippen LogP contribution in [0.4, 0.5) is 11.5 Å². The van der Waals surface area contributed by atoms with Crippen molar-refractivity contribution in [3.05, 3.63) is 10.4 Å². The van der Waals surface area contributed by atoms with Gasteiger partial charge in [0.15, 0.2) is 5.82 Å². The van der Waals surface area contributed by atoms with Gasteiger partial charge in [0, 0.05) is 13.1 Å². The van der Waals surface area contributed by atoms with Crippen LogP contribution in [0.3, 0.4) is 0 Å². The van der Waals surface area contributed by atoms with Crippen LogP contribution in [0.15, 0.2) is 4.79 Å². The fraction of sp³-hybridized carbons (Fsp3) is 0.786. The van der Waals surface area contributed by atoms with Gasteiger partial charge in [0.05, 0.1) is 33.2 Å². The van der Waals surface area contributed by atoms with Crippen molar-refractivity contribution in [3.8, 4) is 0 Å². The zero-order valence-corrected chi connectivity index (χ0v) is 12.4. The summed E-state index contributed by atoms with van der Waals surface area (Å²) in [6, 6.07) is 0. The Morgan fingerprint density at radius 1 is 1.15 bits per heavy atom. The summed E-state index contributed by atoms with van der Waals surface area (Å²) in [4.78, 5) is 12.0. The summed E-state index contributed by atoms with van der Waals surface area (Å²) in [6.45, 7) is 6.19. The Balaban J connectivity index is 1.64. The first-order valence-electron chi connectivity index (χ1n) is 7.77. The third kappa shape index (κ3) is 2.32. The second-order valence-corrected chi connectivity index (χ2v) is 6.45. The molecule has 6 heteroatoms. The van der Waals surface area contributed by atoms with E-state index in [-0.39, 0.29) is 5.56 Å². The summed E-state index contributed by atoms with van der Waals surface area (Å²) in [5.74, 6) is 0.830. The Morgan fingerprint density at radius 3 is 2.60 bits per heavy atom. The largest absolute Gasteiger partial charge is 0.391 e. The van der Waals surface area contributed by atoms with E-state index in [1.54, 1.807) is 4.68 Å². The molecule has 2 aliphatic heterocycles. The Hall–Kier alpha value is -1.43. The molecular weight excluding hydrogens is 254 g/mol. The minimum Gasteiger partial charge on any atom is -0.391 e. The fourth-order valence-electron chi connectivity index (χ4n) is 3.56. The van der Waals surface area contributed by atoms with Crippen LogP contribution in [0.25, 0.3) is 0 Å². The highest BCUT2D eigenvalue weighted by Crippen LogP contribution is 2.21. The summed E-state index contributed by atoms with van der Waals surface area (Å²) < 4.78 is 4.90. The van der Waals surface area contributed by atoms with E-state index in [2.05, 4.69) is 12.4 Å². The summed E-state index contributed by atoms with van der Waals surface area (Å²) in [5.41, 5.74) is 6.29. The molecule has 0 bridgehead atoms. The molecule has 3 heterocycles. The molecular formula is C14H26N5O+. The topological polar surface area (TPSA) is 65.0 Å². The number of aromatic nitrogens is 2. The summed E-state index contributed by atoms with van der Waals surface area (Å²) in [7, 11) is 2.33. The number of rotatable bonds is 4. The van der Waals surface area contributed by atoms with Gasteiger partial charge in [0.2, 0.25) is 0 Å². The van der Waals surface area contributed by atoms with Crippen molar-refractivity contribution in [1.29, 1.82) is 0 Å². The number of fused-ring (bicyclic) bond motifs is 1. The van der Waals surface area contributed by atoms with Crippen LogP contribution in [0.5, 0.6) is 0 Å². The predicted octanol–water partition coefficient (Wildman–Crippen LogP) is 0.678. The predicted molar refractivity (Wildman–Crippen MR) is 80.8 cm³/mol. The molecule has 0 unspecified atom stereocenters. The molecule has 0 atom stereocenters. The van der Waals surface area contributed by atoms with E-state index < -0.39 is 0 Å². The molecule has 0 radical (unpaired) electrons. The van der Waals surface area contributed by atoms with Crippen molar-refractivity contribution >= 4 is 11.5 Å². The molecule has 0 spiro atoms. The fourth-order valence-corrected chi connectivity index (χ4v) is 3.56. The molecule has 2 aliphatic rings. The van der Waals surface area contributed by atoms with Gasteiger partial charge < -0.3 is 15.5 Å². The third-order valence-electron chi connectivity index (χ3n) is 4.85.